The van der Waals surface area contributed by atoms with Crippen LogP contribution < -0.4 is 9.62 Å². The number of anilines is 1. The van der Waals surface area contributed by atoms with Gasteiger partial charge in [0.05, 0.1) is 11.9 Å². The molecule has 2 amide bonds. The number of sulfonamides is 1. The second kappa shape index (κ2) is 14.3. The Morgan fingerprint density at radius 2 is 1.49 bits per heavy atom. The molecule has 3 aromatic carbocycles. The first-order chi connectivity index (χ1) is 19.3. The van der Waals surface area contributed by atoms with E-state index in [0.717, 1.165) is 27.8 Å². The van der Waals surface area contributed by atoms with Crippen molar-refractivity contribution in [2.45, 2.75) is 72.5 Å². The van der Waals surface area contributed by atoms with Crippen molar-refractivity contribution in [3.63, 3.8) is 0 Å². The van der Waals surface area contributed by atoms with Crippen molar-refractivity contribution in [2.75, 3.05) is 17.1 Å². The van der Waals surface area contributed by atoms with Gasteiger partial charge >= 0.3 is 0 Å². The average Bonchev–Trinajstić information content (AvgIpc) is 2.88. The Hall–Kier alpha value is -3.65. The number of hydrogen-bond donors (Lipinski definition) is 1. The maximum Gasteiger partial charge on any atom is 0.243 e. The van der Waals surface area contributed by atoms with E-state index in [0.29, 0.717) is 18.5 Å². The van der Waals surface area contributed by atoms with Crippen molar-refractivity contribution >= 4 is 27.5 Å². The molecule has 0 fully saturated rings. The standard InChI is InChI=1S/C33H43N3O4S/c1-24(2)34-33(38)31(22-28-14-8-7-9-15-28)35(23-29-16-11-10-13-27(29)5)32(37)17-12-18-36(41(6,39)40)30-20-25(3)19-26(4)21-30/h7-11,13-16,19-21,24,31H,12,17-18,22-23H2,1-6H3,(H,34,38)/t31-/m1/s1. The first-order valence-electron chi connectivity index (χ1n) is 14.1. The molecular formula is C33H43N3O4S. The Balaban J connectivity index is 1.90. The number of carbonyl (C=O) groups is 2. The maximum absolute atomic E-state index is 13.9. The first-order valence-corrected chi connectivity index (χ1v) is 15.9. The SMILES string of the molecule is Cc1cc(C)cc(N(CCCC(=O)N(Cc2ccccc2C)[C@H](Cc2ccccc2)C(=O)NC(C)C)S(C)(=O)=O)c1. The third-order valence-corrected chi connectivity index (χ3v) is 8.14. The molecular weight excluding hydrogens is 534 g/mol. The number of aryl methyl sites for hydroxylation is 3. The van der Waals surface area contributed by atoms with Gasteiger partial charge in [-0.15, -0.1) is 0 Å². The summed E-state index contributed by atoms with van der Waals surface area (Å²) in [5.41, 5.74) is 5.47. The van der Waals surface area contributed by atoms with Crippen LogP contribution in [0.5, 0.6) is 0 Å². The molecule has 0 heterocycles. The van der Waals surface area contributed by atoms with Crippen LogP contribution in [0.1, 0.15) is 54.5 Å². The lowest BCUT2D eigenvalue weighted by Gasteiger charge is -2.33. The van der Waals surface area contributed by atoms with E-state index in [1.165, 1.54) is 10.6 Å². The summed E-state index contributed by atoms with van der Waals surface area (Å²) in [6, 6.07) is 22.4. The normalized spacial score (nSPS) is 12.2. The van der Waals surface area contributed by atoms with Crippen LogP contribution in [0, 0.1) is 20.8 Å². The lowest BCUT2D eigenvalue weighted by molar-refractivity contribution is -0.141. The van der Waals surface area contributed by atoms with Crippen LogP contribution >= 0.6 is 0 Å². The minimum Gasteiger partial charge on any atom is -0.352 e. The Bertz CT molecular complexity index is 1420. The monoisotopic (exact) mass is 577 g/mol. The van der Waals surface area contributed by atoms with Crippen molar-refractivity contribution in [1.29, 1.82) is 0 Å². The molecule has 1 atom stereocenters. The van der Waals surface area contributed by atoms with E-state index in [1.807, 2.05) is 107 Å². The van der Waals surface area contributed by atoms with Crippen LogP contribution in [0.4, 0.5) is 5.69 Å². The van der Waals surface area contributed by atoms with E-state index in [1.54, 1.807) is 4.90 Å². The number of carbonyl (C=O) groups excluding carboxylic acids is 2. The maximum atomic E-state index is 13.9. The van der Waals surface area contributed by atoms with Crippen LogP contribution in [-0.2, 0) is 32.6 Å². The van der Waals surface area contributed by atoms with Gasteiger partial charge in [-0.2, -0.15) is 0 Å². The average molecular weight is 578 g/mol. The van der Waals surface area contributed by atoms with Crippen molar-refractivity contribution in [3.05, 3.63) is 101 Å². The van der Waals surface area contributed by atoms with E-state index >= 15 is 0 Å². The highest BCUT2D eigenvalue weighted by atomic mass is 32.2. The van der Waals surface area contributed by atoms with Gasteiger partial charge in [0.2, 0.25) is 21.8 Å². The summed E-state index contributed by atoms with van der Waals surface area (Å²) in [5, 5.41) is 3.00. The van der Waals surface area contributed by atoms with Crippen LogP contribution in [0.2, 0.25) is 0 Å². The first kappa shape index (κ1) is 31.9. The highest BCUT2D eigenvalue weighted by Crippen LogP contribution is 2.23. The fourth-order valence-corrected chi connectivity index (χ4v) is 5.95. The fraction of sp³-hybridized carbons (Fsp3) is 0.394. The number of nitrogens with one attached hydrogen (secondary N) is 1. The largest absolute Gasteiger partial charge is 0.352 e. The highest BCUT2D eigenvalue weighted by Gasteiger charge is 2.31. The zero-order chi connectivity index (χ0) is 30.2. The van der Waals surface area contributed by atoms with Crippen LogP contribution in [0.15, 0.2) is 72.8 Å². The predicted octanol–water partition coefficient (Wildman–Crippen LogP) is 5.32. The van der Waals surface area contributed by atoms with Crippen LogP contribution in [0.25, 0.3) is 0 Å². The van der Waals surface area contributed by atoms with Gasteiger partial charge in [0.15, 0.2) is 0 Å². The number of amides is 2. The lowest BCUT2D eigenvalue weighted by Crippen LogP contribution is -2.52. The zero-order valence-electron chi connectivity index (χ0n) is 25.1. The molecule has 1 N–H and O–H groups in total. The molecule has 0 aliphatic rings. The summed E-state index contributed by atoms with van der Waals surface area (Å²) in [5.74, 6) is -0.402. The van der Waals surface area contributed by atoms with Crippen molar-refractivity contribution in [3.8, 4) is 0 Å². The molecule has 0 aromatic heterocycles. The molecule has 3 aromatic rings. The molecule has 0 radical (unpaired) electrons. The summed E-state index contributed by atoms with van der Waals surface area (Å²) in [6.45, 7) is 10.1. The van der Waals surface area contributed by atoms with Gasteiger partial charge in [-0.1, -0.05) is 60.7 Å². The zero-order valence-corrected chi connectivity index (χ0v) is 25.9. The van der Waals surface area contributed by atoms with Crippen molar-refractivity contribution < 1.29 is 18.0 Å². The molecule has 0 aliphatic heterocycles. The topological polar surface area (TPSA) is 86.8 Å². The quantitative estimate of drug-likeness (QED) is 0.298. The van der Waals surface area contributed by atoms with E-state index in [4.69, 9.17) is 0 Å². The van der Waals surface area contributed by atoms with Crippen molar-refractivity contribution in [2.24, 2.45) is 0 Å². The Labute approximate surface area is 245 Å². The van der Waals surface area contributed by atoms with Gasteiger partial charge < -0.3 is 10.2 Å². The van der Waals surface area contributed by atoms with E-state index in [2.05, 4.69) is 5.32 Å². The Morgan fingerprint density at radius 1 is 0.878 bits per heavy atom. The molecule has 41 heavy (non-hydrogen) atoms. The fourth-order valence-electron chi connectivity index (χ4n) is 5.00. The second-order valence-corrected chi connectivity index (χ2v) is 13.0. The molecule has 3 rings (SSSR count). The number of rotatable bonds is 13. The van der Waals surface area contributed by atoms with E-state index < -0.39 is 16.1 Å². The third kappa shape index (κ3) is 9.46. The van der Waals surface area contributed by atoms with Gasteiger partial charge in [-0.3, -0.25) is 13.9 Å². The summed E-state index contributed by atoms with van der Waals surface area (Å²) in [7, 11) is -3.56. The summed E-state index contributed by atoms with van der Waals surface area (Å²) >= 11 is 0. The van der Waals surface area contributed by atoms with Crippen molar-refractivity contribution in [1.82, 2.24) is 10.2 Å². The summed E-state index contributed by atoms with van der Waals surface area (Å²) in [6.07, 6.45) is 1.97. The Kier molecular flexibility index (Phi) is 11.1. The smallest absolute Gasteiger partial charge is 0.243 e. The second-order valence-electron chi connectivity index (χ2n) is 11.1. The molecule has 0 saturated carbocycles. The lowest BCUT2D eigenvalue weighted by atomic mass is 10.0. The van der Waals surface area contributed by atoms with Crippen LogP contribution in [-0.4, -0.2) is 50.0 Å². The third-order valence-electron chi connectivity index (χ3n) is 6.95. The summed E-state index contributed by atoms with van der Waals surface area (Å²) in [4.78, 5) is 29.1. The molecule has 0 unspecified atom stereocenters. The number of nitrogens with zero attached hydrogens (tertiary/aromatic N) is 2. The number of benzene rings is 3. The van der Waals surface area contributed by atoms with E-state index in [9.17, 15) is 18.0 Å². The highest BCUT2D eigenvalue weighted by molar-refractivity contribution is 7.92. The summed E-state index contributed by atoms with van der Waals surface area (Å²) < 4.78 is 26.8. The molecule has 220 valence electrons. The molecule has 0 saturated heterocycles. The molecule has 8 heteroatoms. The van der Waals surface area contributed by atoms with Crippen LogP contribution in [0.3, 0.4) is 0 Å². The van der Waals surface area contributed by atoms with Gasteiger partial charge in [0.1, 0.15) is 6.04 Å². The molecule has 0 aliphatic carbocycles. The minimum absolute atomic E-state index is 0.0858. The number of hydrogen-bond acceptors (Lipinski definition) is 4. The minimum atomic E-state index is -3.56. The van der Waals surface area contributed by atoms with Gasteiger partial charge in [0.25, 0.3) is 0 Å². The van der Waals surface area contributed by atoms with E-state index in [-0.39, 0.29) is 37.4 Å². The van der Waals surface area contributed by atoms with Gasteiger partial charge in [-0.25, -0.2) is 8.42 Å². The Morgan fingerprint density at radius 3 is 2.07 bits per heavy atom. The molecule has 0 bridgehead atoms. The van der Waals surface area contributed by atoms with Gasteiger partial charge in [0, 0.05) is 32.0 Å². The molecule has 7 nitrogen and oxygen atoms in total. The predicted molar refractivity (Wildman–Crippen MR) is 166 cm³/mol. The van der Waals surface area contributed by atoms with Gasteiger partial charge in [-0.05, 0) is 81.0 Å². The molecule has 0 spiro atoms.